The average Bonchev–Trinajstić information content (AvgIpc) is 2.68. The van der Waals surface area contributed by atoms with Crippen LogP contribution in [0, 0.1) is 5.92 Å². The number of hydrogen-bond acceptors (Lipinski definition) is 2. The lowest BCUT2D eigenvalue weighted by atomic mass is 9.85. The zero-order chi connectivity index (χ0) is 15.1. The molecule has 0 spiro atoms. The van der Waals surface area contributed by atoms with Gasteiger partial charge in [-0.2, -0.15) is 0 Å². The fraction of sp³-hybridized carbons (Fsp3) is 0.588. The van der Waals surface area contributed by atoms with Crippen LogP contribution in [0.4, 0.5) is 0 Å². The highest BCUT2D eigenvalue weighted by Gasteiger charge is 2.33. The summed E-state index contributed by atoms with van der Waals surface area (Å²) < 4.78 is 0. The number of benzene rings is 1. The molecule has 1 N–H and O–H groups in total. The molecule has 20 heavy (non-hydrogen) atoms. The summed E-state index contributed by atoms with van der Waals surface area (Å²) in [5.41, 5.74) is 4.00. The topological polar surface area (TPSA) is 40.5 Å². The molecule has 0 radical (unpaired) electrons. The molecule has 2 rings (SSSR count). The van der Waals surface area contributed by atoms with E-state index in [1.54, 1.807) is 0 Å². The lowest BCUT2D eigenvalue weighted by Gasteiger charge is -2.26. The van der Waals surface area contributed by atoms with Crippen LogP contribution in [0.1, 0.15) is 51.3 Å². The Kier molecular flexibility index (Phi) is 3.92. The molecule has 1 unspecified atom stereocenters. The summed E-state index contributed by atoms with van der Waals surface area (Å²) in [6.45, 7) is 12.1. The first-order valence-corrected chi connectivity index (χ1v) is 7.29. The Labute approximate surface area is 121 Å². The highest BCUT2D eigenvalue weighted by atomic mass is 16.4. The van der Waals surface area contributed by atoms with Gasteiger partial charge in [0.15, 0.2) is 0 Å². The summed E-state index contributed by atoms with van der Waals surface area (Å²) >= 11 is 0. The molecular formula is C17H25NO2. The molecule has 110 valence electrons. The fourth-order valence-electron chi connectivity index (χ4n) is 2.95. The fourth-order valence-corrected chi connectivity index (χ4v) is 2.95. The Hall–Kier alpha value is -1.35. The van der Waals surface area contributed by atoms with E-state index < -0.39 is 12.0 Å². The number of nitrogens with zero attached hydrogens (tertiary/aromatic N) is 1. The Morgan fingerprint density at radius 3 is 2.30 bits per heavy atom. The van der Waals surface area contributed by atoms with Crippen molar-refractivity contribution < 1.29 is 9.90 Å². The molecule has 1 aromatic carbocycles. The Morgan fingerprint density at radius 2 is 1.80 bits per heavy atom. The van der Waals surface area contributed by atoms with Gasteiger partial charge in [0.2, 0.25) is 0 Å². The van der Waals surface area contributed by atoms with Gasteiger partial charge in [0.25, 0.3) is 0 Å². The molecule has 1 heterocycles. The summed E-state index contributed by atoms with van der Waals surface area (Å²) in [5, 5.41) is 9.43. The maximum absolute atomic E-state index is 11.5. The van der Waals surface area contributed by atoms with E-state index in [4.69, 9.17) is 0 Å². The van der Waals surface area contributed by atoms with Gasteiger partial charge in [-0.05, 0) is 28.0 Å². The van der Waals surface area contributed by atoms with Crippen LogP contribution < -0.4 is 0 Å². The van der Waals surface area contributed by atoms with E-state index in [1.165, 1.54) is 16.7 Å². The standard InChI is InChI=1S/C17H25NO2/c1-11(2)15(16(19)20)18-9-12-6-7-14(17(3,4)5)8-13(12)10-18/h6-8,11,15H,9-10H2,1-5H3,(H,19,20). The third-order valence-corrected chi connectivity index (χ3v) is 4.10. The molecule has 3 nitrogen and oxygen atoms in total. The van der Waals surface area contributed by atoms with Crippen LogP contribution in [0.25, 0.3) is 0 Å². The monoisotopic (exact) mass is 275 g/mol. The molecule has 0 saturated heterocycles. The Morgan fingerprint density at radius 1 is 1.20 bits per heavy atom. The number of fused-ring (bicyclic) bond motifs is 1. The summed E-state index contributed by atoms with van der Waals surface area (Å²) in [4.78, 5) is 13.5. The lowest BCUT2D eigenvalue weighted by Crippen LogP contribution is -2.41. The highest BCUT2D eigenvalue weighted by Crippen LogP contribution is 2.31. The minimum atomic E-state index is -0.719. The molecule has 0 amide bonds. The van der Waals surface area contributed by atoms with Crippen LogP contribution in [0.2, 0.25) is 0 Å². The molecule has 1 aliphatic heterocycles. The van der Waals surface area contributed by atoms with Gasteiger partial charge in [0.05, 0.1) is 0 Å². The van der Waals surface area contributed by atoms with Crippen molar-refractivity contribution in [3.05, 3.63) is 34.9 Å². The second kappa shape index (κ2) is 5.21. The van der Waals surface area contributed by atoms with Gasteiger partial charge in [0, 0.05) is 13.1 Å². The SMILES string of the molecule is CC(C)C(C(=O)O)N1Cc2ccc(C(C)(C)C)cc2C1. The summed E-state index contributed by atoms with van der Waals surface area (Å²) in [7, 11) is 0. The minimum absolute atomic E-state index is 0.115. The van der Waals surface area contributed by atoms with Crippen LogP contribution >= 0.6 is 0 Å². The van der Waals surface area contributed by atoms with Crippen molar-refractivity contribution in [2.45, 2.75) is 59.2 Å². The Bertz CT molecular complexity index is 514. The number of aliphatic carboxylic acids is 1. The first-order valence-electron chi connectivity index (χ1n) is 7.29. The van der Waals surface area contributed by atoms with Crippen molar-refractivity contribution in [1.29, 1.82) is 0 Å². The van der Waals surface area contributed by atoms with Crippen LogP contribution in [0.15, 0.2) is 18.2 Å². The van der Waals surface area contributed by atoms with Gasteiger partial charge in [-0.3, -0.25) is 9.69 Å². The third kappa shape index (κ3) is 2.88. The molecule has 0 fully saturated rings. The van der Waals surface area contributed by atoms with Crippen molar-refractivity contribution in [3.63, 3.8) is 0 Å². The van der Waals surface area contributed by atoms with Crippen LogP contribution in [-0.2, 0) is 23.3 Å². The summed E-state index contributed by atoms with van der Waals surface area (Å²) in [6.07, 6.45) is 0. The van der Waals surface area contributed by atoms with E-state index in [2.05, 4.69) is 43.9 Å². The van der Waals surface area contributed by atoms with Crippen molar-refractivity contribution in [2.24, 2.45) is 5.92 Å². The van der Waals surface area contributed by atoms with Gasteiger partial charge in [-0.1, -0.05) is 52.8 Å². The number of carboxylic acids is 1. The normalized spacial score (nSPS) is 17.3. The van der Waals surface area contributed by atoms with Gasteiger partial charge in [-0.25, -0.2) is 0 Å². The summed E-state index contributed by atoms with van der Waals surface area (Å²) in [5.74, 6) is -0.604. The molecule has 1 atom stereocenters. The zero-order valence-corrected chi connectivity index (χ0v) is 13.1. The van der Waals surface area contributed by atoms with E-state index in [1.807, 2.05) is 13.8 Å². The van der Waals surface area contributed by atoms with Crippen LogP contribution in [0.5, 0.6) is 0 Å². The average molecular weight is 275 g/mol. The van der Waals surface area contributed by atoms with E-state index in [0.717, 1.165) is 13.1 Å². The highest BCUT2D eigenvalue weighted by molar-refractivity contribution is 5.74. The van der Waals surface area contributed by atoms with E-state index in [0.29, 0.717) is 0 Å². The molecule has 3 heteroatoms. The predicted octanol–water partition coefficient (Wildman–Crippen LogP) is 3.41. The van der Waals surface area contributed by atoms with Crippen molar-refractivity contribution in [3.8, 4) is 0 Å². The smallest absolute Gasteiger partial charge is 0.321 e. The number of rotatable bonds is 3. The molecule has 1 aliphatic rings. The van der Waals surface area contributed by atoms with Crippen molar-refractivity contribution in [2.75, 3.05) is 0 Å². The molecule has 0 bridgehead atoms. The molecule has 0 aliphatic carbocycles. The lowest BCUT2D eigenvalue weighted by molar-refractivity contribution is -0.145. The van der Waals surface area contributed by atoms with Gasteiger partial charge in [0.1, 0.15) is 6.04 Å². The number of carbonyl (C=O) groups is 1. The van der Waals surface area contributed by atoms with Crippen molar-refractivity contribution in [1.82, 2.24) is 4.90 Å². The first-order chi connectivity index (χ1) is 9.20. The van der Waals surface area contributed by atoms with Crippen LogP contribution in [0.3, 0.4) is 0 Å². The molecule has 0 saturated carbocycles. The van der Waals surface area contributed by atoms with E-state index in [-0.39, 0.29) is 11.3 Å². The van der Waals surface area contributed by atoms with E-state index in [9.17, 15) is 9.90 Å². The zero-order valence-electron chi connectivity index (χ0n) is 13.1. The quantitative estimate of drug-likeness (QED) is 0.919. The third-order valence-electron chi connectivity index (χ3n) is 4.10. The van der Waals surface area contributed by atoms with Gasteiger partial charge < -0.3 is 5.11 Å². The first kappa shape index (κ1) is 15.0. The van der Waals surface area contributed by atoms with Crippen LogP contribution in [-0.4, -0.2) is 22.0 Å². The maximum atomic E-state index is 11.5. The predicted molar refractivity (Wildman–Crippen MR) is 80.7 cm³/mol. The number of carboxylic acid groups (broad SMARTS) is 1. The largest absolute Gasteiger partial charge is 0.480 e. The van der Waals surface area contributed by atoms with Gasteiger partial charge >= 0.3 is 5.97 Å². The van der Waals surface area contributed by atoms with E-state index >= 15 is 0 Å². The number of hydrogen-bond donors (Lipinski definition) is 1. The second-order valence-electron chi connectivity index (χ2n) is 7.17. The molecular weight excluding hydrogens is 250 g/mol. The molecule has 1 aromatic rings. The van der Waals surface area contributed by atoms with Gasteiger partial charge in [-0.15, -0.1) is 0 Å². The summed E-state index contributed by atoms with van der Waals surface area (Å²) in [6, 6.07) is 6.18. The minimum Gasteiger partial charge on any atom is -0.480 e. The second-order valence-corrected chi connectivity index (χ2v) is 7.17. The Balaban J connectivity index is 2.25. The molecule has 0 aromatic heterocycles. The van der Waals surface area contributed by atoms with Crippen molar-refractivity contribution >= 4 is 5.97 Å². The maximum Gasteiger partial charge on any atom is 0.321 e.